The fourth-order valence-electron chi connectivity index (χ4n) is 8.06. The average Bonchev–Trinajstić information content (AvgIpc) is 4.03. The third-order valence-electron chi connectivity index (χ3n) is 11.6. The number of carbonyl (C=O) groups is 7. The van der Waals surface area contributed by atoms with Crippen molar-refractivity contribution in [1.82, 2.24) is 40.3 Å². The number of imidazole rings is 1. The van der Waals surface area contributed by atoms with Gasteiger partial charge in [0.15, 0.2) is 0 Å². The van der Waals surface area contributed by atoms with E-state index in [-0.39, 0.29) is 30.2 Å². The molecular formula is C45H65N10O14P. The molecule has 25 heteroatoms. The summed E-state index contributed by atoms with van der Waals surface area (Å²) in [6.07, 6.45) is 5.94. The highest BCUT2D eigenvalue weighted by Gasteiger charge is 2.37. The second-order valence-electron chi connectivity index (χ2n) is 17.5. The number of nitrogens with two attached hydrogens (primary N) is 1. The highest BCUT2D eigenvalue weighted by Crippen LogP contribution is 2.38. The zero-order chi connectivity index (χ0) is 51.9. The first kappa shape index (κ1) is 56.1. The van der Waals surface area contributed by atoms with E-state index in [1.54, 1.807) is 41.4 Å². The lowest BCUT2D eigenvalue weighted by Gasteiger charge is -2.28. The number of rotatable bonds is 27. The number of carbonyl (C=O) groups excluding carboxylic acids is 6. The van der Waals surface area contributed by atoms with Gasteiger partial charge in [-0.15, -0.1) is 0 Å². The average molecular weight is 1000 g/mol. The number of benzene rings is 1. The van der Waals surface area contributed by atoms with E-state index in [2.05, 4.69) is 35.9 Å². The number of phosphoric ester groups is 1. The number of aryl methyl sites for hydroxylation is 2. The van der Waals surface area contributed by atoms with Gasteiger partial charge >= 0.3 is 13.8 Å². The van der Waals surface area contributed by atoms with Gasteiger partial charge in [-0.3, -0.25) is 33.3 Å². The zero-order valence-electron chi connectivity index (χ0n) is 40.1. The molecule has 0 spiro atoms. The van der Waals surface area contributed by atoms with E-state index < -0.39 is 86.2 Å². The molecule has 1 fully saturated rings. The van der Waals surface area contributed by atoms with E-state index in [4.69, 9.17) is 10.6 Å². The van der Waals surface area contributed by atoms with Crippen molar-refractivity contribution >= 4 is 55.4 Å². The minimum Gasteiger partial charge on any atom is -0.478 e. The molecule has 1 saturated heterocycles. The number of phosphoric acid groups is 1. The molecule has 4 rings (SSSR count). The van der Waals surface area contributed by atoms with Crippen molar-refractivity contribution in [3.8, 4) is 5.69 Å². The molecule has 2 aromatic heterocycles. The Labute approximate surface area is 405 Å². The quantitative estimate of drug-likeness (QED) is 0.0220. The minimum absolute atomic E-state index is 0.119. The van der Waals surface area contributed by atoms with Crippen molar-refractivity contribution in [3.63, 3.8) is 0 Å². The van der Waals surface area contributed by atoms with E-state index in [9.17, 15) is 58.1 Å². The van der Waals surface area contributed by atoms with Crippen molar-refractivity contribution in [2.24, 2.45) is 16.8 Å². The van der Waals surface area contributed by atoms with E-state index in [0.29, 0.717) is 57.5 Å². The number of aromatic carboxylic acids is 1. The summed E-state index contributed by atoms with van der Waals surface area (Å²) < 4.78 is 19.7. The van der Waals surface area contributed by atoms with E-state index in [0.717, 1.165) is 29.6 Å². The Bertz CT molecular complexity index is 2400. The van der Waals surface area contributed by atoms with Crippen molar-refractivity contribution in [1.29, 1.82) is 0 Å². The van der Waals surface area contributed by atoms with E-state index in [1.807, 2.05) is 38.3 Å². The summed E-state index contributed by atoms with van der Waals surface area (Å²) in [5.74, 6) is -6.08. The maximum atomic E-state index is 14.1. The fraction of sp³-hybridized carbons (Fsp3) is 0.533. The van der Waals surface area contributed by atoms with Crippen LogP contribution in [0.5, 0.6) is 0 Å². The molecule has 384 valence electrons. The number of primary amides is 1. The van der Waals surface area contributed by atoms with Crippen LogP contribution in [0.25, 0.3) is 5.69 Å². The molecule has 0 bridgehead atoms. The summed E-state index contributed by atoms with van der Waals surface area (Å²) in [4.78, 5) is 120. The number of aromatic nitrogens is 3. The number of hydrogen-bond acceptors (Lipinski definition) is 13. The lowest BCUT2D eigenvalue weighted by Crippen LogP contribution is -2.61. The molecule has 70 heavy (non-hydrogen) atoms. The summed E-state index contributed by atoms with van der Waals surface area (Å²) in [6.45, 7) is 10.0. The summed E-state index contributed by atoms with van der Waals surface area (Å²) in [7, 11) is -5.14. The van der Waals surface area contributed by atoms with E-state index in [1.165, 1.54) is 18.0 Å². The Balaban J connectivity index is 1.44. The van der Waals surface area contributed by atoms with Gasteiger partial charge in [-0.2, -0.15) is 0 Å². The second-order valence-corrected chi connectivity index (χ2v) is 18.7. The van der Waals surface area contributed by atoms with Gasteiger partial charge in [-0.25, -0.2) is 14.3 Å². The maximum absolute atomic E-state index is 14.1. The van der Waals surface area contributed by atoms with Gasteiger partial charge in [0, 0.05) is 61.0 Å². The van der Waals surface area contributed by atoms with Crippen LogP contribution < -0.4 is 27.0 Å². The highest BCUT2D eigenvalue weighted by atomic mass is 31.2. The van der Waals surface area contributed by atoms with Gasteiger partial charge in [0.2, 0.25) is 35.4 Å². The summed E-state index contributed by atoms with van der Waals surface area (Å²) >= 11 is 0. The molecule has 24 nitrogen and oxygen atoms in total. The lowest BCUT2D eigenvalue weighted by atomic mass is 10.0. The molecule has 3 aromatic rings. The predicted molar refractivity (Wildman–Crippen MR) is 252 cm³/mol. The number of carboxylic acids is 1. The van der Waals surface area contributed by atoms with Crippen molar-refractivity contribution in [2.45, 2.75) is 129 Å². The smallest absolute Gasteiger partial charge is 0.469 e. The maximum Gasteiger partial charge on any atom is 0.469 e. The minimum atomic E-state index is -5.14. The van der Waals surface area contributed by atoms with Gasteiger partial charge in [0.25, 0.3) is 0 Å². The van der Waals surface area contributed by atoms with Crippen LogP contribution in [-0.4, -0.2) is 143 Å². The van der Waals surface area contributed by atoms with Crippen molar-refractivity contribution < 1.29 is 67.5 Å². The summed E-state index contributed by atoms with van der Waals surface area (Å²) in [6, 6.07) is 1.54. The molecule has 0 aliphatic carbocycles. The fourth-order valence-corrected chi connectivity index (χ4v) is 8.61. The Morgan fingerprint density at radius 3 is 2.21 bits per heavy atom. The molecule has 1 aliphatic rings. The summed E-state index contributed by atoms with van der Waals surface area (Å²) in [5, 5.41) is 33.5. The topological polar surface area (TPSA) is 348 Å². The van der Waals surface area contributed by atoms with E-state index >= 15 is 0 Å². The molecule has 3 heterocycles. The molecule has 0 unspecified atom stereocenters. The molecule has 0 saturated carbocycles. The molecule has 10 N–H and O–H groups in total. The van der Waals surface area contributed by atoms with Gasteiger partial charge < -0.3 is 65.9 Å². The number of nitrogens with zero attached hydrogens (tertiary/aromatic N) is 5. The molecule has 0 radical (unpaired) electrons. The molecular weight excluding hydrogens is 936 g/mol. The van der Waals surface area contributed by atoms with Crippen LogP contribution in [0.2, 0.25) is 0 Å². The number of likely N-dealkylation sites (tertiary alicyclic amines) is 1. The Hall–Kier alpha value is -6.46. The number of nitrogens with one attached hydrogen (secondary N) is 4. The number of amides is 6. The third kappa shape index (κ3) is 16.3. The number of carboxylic acid groups (broad SMARTS) is 1. The van der Waals surface area contributed by atoms with Crippen LogP contribution >= 0.6 is 7.82 Å². The molecule has 1 aromatic carbocycles. The van der Waals surface area contributed by atoms with Gasteiger partial charge in [0.05, 0.1) is 30.8 Å². The standard InChI is InChI=1S/C45H65N10O14P/c1-26(2)19-35(50-44(62)38-11-10-17-54(38)30(6)57)41(59)49-36(42(60)51-37(24-56)43(61)52-39(40(46)58)29(5)69-70(65,66)67)21-34-23-47-25-53(34)16-8-7-9-18-68-48-22-32-20-27(3)55(28(32)4)33-14-12-31(13-15-33)45(63)64/h12-15,20,22-23,25-26,29,35-39,56H,7-11,16-19,21,24H2,1-6H3,(H2,46,58)(H,49,59)(H,50,62)(H,51,60)(H,52,61)(H,63,64)(H2,65,66,67)/b48-22+/t29-,35+,36+,37+,38+,39+/m1/s1. The van der Waals surface area contributed by atoms with Crippen LogP contribution in [0.15, 0.2) is 48.0 Å². The zero-order valence-corrected chi connectivity index (χ0v) is 41.0. The Morgan fingerprint density at radius 2 is 1.60 bits per heavy atom. The van der Waals surface area contributed by atoms with Crippen molar-refractivity contribution in [3.05, 3.63) is 71.1 Å². The first-order valence-corrected chi connectivity index (χ1v) is 24.3. The van der Waals surface area contributed by atoms with Crippen LogP contribution in [-0.2, 0) is 55.7 Å². The monoisotopic (exact) mass is 1000 g/mol. The van der Waals surface area contributed by atoms with Crippen LogP contribution in [0.4, 0.5) is 0 Å². The van der Waals surface area contributed by atoms with Crippen LogP contribution in [0.1, 0.15) is 99.2 Å². The largest absolute Gasteiger partial charge is 0.478 e. The molecule has 6 amide bonds. The van der Waals surface area contributed by atoms with Gasteiger partial charge in [-0.1, -0.05) is 19.0 Å². The first-order valence-electron chi connectivity index (χ1n) is 22.8. The summed E-state index contributed by atoms with van der Waals surface area (Å²) in [5.41, 5.74) is 9.49. The van der Waals surface area contributed by atoms with Crippen LogP contribution in [0.3, 0.4) is 0 Å². The van der Waals surface area contributed by atoms with Gasteiger partial charge in [-0.05, 0) is 95.5 Å². The third-order valence-corrected chi connectivity index (χ3v) is 12.2. The predicted octanol–water partition coefficient (Wildman–Crippen LogP) is 0.724. The number of hydrogen-bond donors (Lipinski definition) is 9. The number of aliphatic hydroxyl groups excluding tert-OH is 1. The highest BCUT2D eigenvalue weighted by molar-refractivity contribution is 7.46. The number of aliphatic hydroxyl groups is 1. The molecule has 6 atom stereocenters. The van der Waals surface area contributed by atoms with Gasteiger partial charge in [0.1, 0.15) is 36.8 Å². The normalized spacial score (nSPS) is 16.0. The lowest BCUT2D eigenvalue weighted by molar-refractivity contribution is -0.139. The Kier molecular flexibility index (Phi) is 20.8. The number of unbranched alkanes of at least 4 members (excludes halogenated alkanes) is 2. The second kappa shape index (κ2) is 25.9. The first-order chi connectivity index (χ1) is 33.0. The Morgan fingerprint density at radius 1 is 0.943 bits per heavy atom. The van der Waals surface area contributed by atoms with Crippen LogP contribution in [0, 0.1) is 19.8 Å². The number of oxime groups is 1. The van der Waals surface area contributed by atoms with Crippen molar-refractivity contribution in [2.75, 3.05) is 19.8 Å². The SMILES string of the molecule is CC(=O)N1CCC[C@H]1C(=O)N[C@@H](CC(C)C)C(=O)N[C@@H](Cc1cncn1CCCCCO/N=C/c1cc(C)n(-c2ccc(C(=O)O)cc2)c1C)C(=O)N[C@@H](CO)C(=O)N[C@H](C(N)=O)[C@@H](C)OP(=O)(O)O. The molecule has 1 aliphatic heterocycles.